The van der Waals surface area contributed by atoms with E-state index < -0.39 is 11.9 Å². The predicted molar refractivity (Wildman–Crippen MR) is 148 cm³/mol. The van der Waals surface area contributed by atoms with Crippen molar-refractivity contribution in [1.29, 1.82) is 0 Å². The lowest BCUT2D eigenvalue weighted by Gasteiger charge is -2.18. The summed E-state index contributed by atoms with van der Waals surface area (Å²) in [6.07, 6.45) is 5.50. The Morgan fingerprint density at radius 3 is 2.89 bits per heavy atom. The van der Waals surface area contributed by atoms with Crippen LogP contribution in [0.1, 0.15) is 10.4 Å². The molecule has 1 atom stereocenters. The first kappa shape index (κ1) is 26.5. The van der Waals surface area contributed by atoms with E-state index in [4.69, 9.17) is 22.8 Å². The molecule has 11 heteroatoms. The lowest BCUT2D eigenvalue weighted by molar-refractivity contribution is 0.197. The molecule has 0 aliphatic heterocycles. The van der Waals surface area contributed by atoms with Crippen molar-refractivity contribution >= 4 is 66.8 Å². The van der Waals surface area contributed by atoms with Crippen molar-refractivity contribution < 1.29 is 14.9 Å². The molecule has 0 bridgehead atoms. The zero-order chi connectivity index (χ0) is 25.5. The molecule has 3 rings (SSSR count). The summed E-state index contributed by atoms with van der Waals surface area (Å²) in [6, 6.07) is 5.99. The highest BCUT2D eigenvalue weighted by Crippen LogP contribution is 2.34. The van der Waals surface area contributed by atoms with E-state index in [0.29, 0.717) is 18.0 Å². The van der Waals surface area contributed by atoms with Crippen molar-refractivity contribution in [2.75, 3.05) is 30.1 Å². The molecular weight excluding hydrogens is 554 g/mol. The van der Waals surface area contributed by atoms with Gasteiger partial charge in [0.05, 0.1) is 36.4 Å². The molecule has 184 valence electrons. The van der Waals surface area contributed by atoms with Crippen LogP contribution in [0.3, 0.4) is 0 Å². The number of rotatable bonds is 11. The van der Waals surface area contributed by atoms with E-state index in [1.165, 1.54) is 7.11 Å². The highest BCUT2D eigenvalue weighted by molar-refractivity contribution is 9.09. The topological polar surface area (TPSA) is 114 Å². The minimum atomic E-state index is -1.56. The third-order valence-electron chi connectivity index (χ3n) is 5.12. The number of aliphatic hydroxyl groups is 2. The number of ether oxygens (including phenoxy) is 1. The predicted octanol–water partition coefficient (Wildman–Crippen LogP) is 5.09. The number of terminal acetylenes is 1. The number of alkyl halides is 1. The van der Waals surface area contributed by atoms with Gasteiger partial charge in [0.2, 0.25) is 0 Å². The Morgan fingerprint density at radius 1 is 1.46 bits per heavy atom. The number of anilines is 2. The minimum absolute atomic E-state index is 0.000736. The van der Waals surface area contributed by atoms with Gasteiger partial charge in [0.15, 0.2) is 11.9 Å². The molecule has 3 aromatic rings. The van der Waals surface area contributed by atoms with Gasteiger partial charge in [-0.05, 0) is 18.2 Å². The number of H-pyrrole nitrogens is 1. The Hall–Kier alpha value is -3.10. The Kier molecular flexibility index (Phi) is 9.12. The van der Waals surface area contributed by atoms with E-state index in [0.717, 1.165) is 32.7 Å². The molecular formula is C24H25BrClN5O3S. The Balaban J connectivity index is 1.86. The molecule has 8 nitrogen and oxygen atoms in total. The van der Waals surface area contributed by atoms with Crippen LogP contribution in [0.25, 0.3) is 16.6 Å². The van der Waals surface area contributed by atoms with Crippen molar-refractivity contribution in [1.82, 2.24) is 15.5 Å². The number of aliphatic hydroxyl groups excluding tert-OH is 2. The van der Waals surface area contributed by atoms with Gasteiger partial charge in [-0.1, -0.05) is 40.0 Å². The Bertz CT molecular complexity index is 1320. The van der Waals surface area contributed by atoms with E-state index in [2.05, 4.69) is 54.6 Å². The number of thiophene rings is 1. The SMILES string of the molecule is C#CC(O)/C(O)=C(NC(=C)c1csc(CNc2ccc3cn[nH]c3c2)c1NC)\C(Cl)=C(/CBr)OC. The van der Waals surface area contributed by atoms with Crippen LogP contribution >= 0.6 is 38.9 Å². The van der Waals surface area contributed by atoms with Crippen LogP contribution in [0.4, 0.5) is 11.4 Å². The number of methoxy groups -OCH3 is 1. The summed E-state index contributed by atoms with van der Waals surface area (Å²) in [6.45, 7) is 4.67. The lowest BCUT2D eigenvalue weighted by atomic mass is 10.1. The number of fused-ring (bicyclic) bond motifs is 1. The second-order valence-corrected chi connectivity index (χ2v) is 9.13. The second kappa shape index (κ2) is 12.0. The highest BCUT2D eigenvalue weighted by atomic mass is 79.9. The average molecular weight is 579 g/mol. The van der Waals surface area contributed by atoms with Crippen molar-refractivity contribution in [3.8, 4) is 12.3 Å². The average Bonchev–Trinajstić information content (AvgIpc) is 3.51. The van der Waals surface area contributed by atoms with Gasteiger partial charge in [-0.25, -0.2) is 0 Å². The minimum Gasteiger partial charge on any atom is -0.506 e. The largest absolute Gasteiger partial charge is 0.506 e. The van der Waals surface area contributed by atoms with Crippen LogP contribution in [-0.4, -0.2) is 46.0 Å². The van der Waals surface area contributed by atoms with Crippen LogP contribution < -0.4 is 16.0 Å². The fourth-order valence-electron chi connectivity index (χ4n) is 3.26. The van der Waals surface area contributed by atoms with Gasteiger partial charge in [-0.2, -0.15) is 5.10 Å². The van der Waals surface area contributed by atoms with Gasteiger partial charge in [-0.15, -0.1) is 17.8 Å². The molecule has 0 amide bonds. The standard InChI is InChI=1S/C24H25BrClN5O3S/c1-5-18(32)24(33)23(21(26)19(9-25)34-4)30-13(2)16-12-35-20(22(16)27-3)11-28-15-7-6-14-10-29-31-17(14)8-15/h1,6-8,10,12,18,27-28,30,32-33H,2,9,11H2,3-4H3,(H,29,31)/b21-19-,24-23-. The lowest BCUT2D eigenvalue weighted by Crippen LogP contribution is -2.21. The van der Waals surface area contributed by atoms with E-state index in [1.54, 1.807) is 17.5 Å². The maximum Gasteiger partial charge on any atom is 0.173 e. The molecule has 0 saturated heterocycles. The molecule has 2 aromatic heterocycles. The first-order valence-electron chi connectivity index (χ1n) is 10.3. The molecule has 0 saturated carbocycles. The summed E-state index contributed by atoms with van der Waals surface area (Å²) in [4.78, 5) is 1.04. The highest BCUT2D eigenvalue weighted by Gasteiger charge is 2.22. The normalized spacial score (nSPS) is 13.4. The van der Waals surface area contributed by atoms with E-state index in [1.807, 2.05) is 30.6 Å². The van der Waals surface area contributed by atoms with Crippen LogP contribution in [0.15, 0.2) is 58.6 Å². The summed E-state index contributed by atoms with van der Waals surface area (Å²) in [7, 11) is 3.26. The summed E-state index contributed by atoms with van der Waals surface area (Å²) >= 11 is 11.3. The van der Waals surface area contributed by atoms with E-state index in [9.17, 15) is 10.2 Å². The zero-order valence-corrected chi connectivity index (χ0v) is 22.2. The summed E-state index contributed by atoms with van der Waals surface area (Å²) in [5.41, 5.74) is 3.95. The number of aromatic nitrogens is 2. The number of hydrogen-bond acceptors (Lipinski definition) is 8. The Labute approximate surface area is 220 Å². The van der Waals surface area contributed by atoms with Gasteiger partial charge in [-0.3, -0.25) is 5.10 Å². The monoisotopic (exact) mass is 577 g/mol. The number of allylic oxidation sites excluding steroid dienone is 2. The van der Waals surface area contributed by atoms with Crippen molar-refractivity contribution in [3.05, 3.63) is 69.0 Å². The van der Waals surface area contributed by atoms with Crippen LogP contribution in [0, 0.1) is 12.3 Å². The van der Waals surface area contributed by atoms with Crippen molar-refractivity contribution in [3.63, 3.8) is 0 Å². The van der Waals surface area contributed by atoms with E-state index in [-0.39, 0.29) is 16.1 Å². The maximum absolute atomic E-state index is 10.5. The number of aromatic amines is 1. The molecule has 1 unspecified atom stereocenters. The van der Waals surface area contributed by atoms with Gasteiger partial charge in [0.1, 0.15) is 16.5 Å². The van der Waals surface area contributed by atoms with Crippen molar-refractivity contribution in [2.45, 2.75) is 12.6 Å². The number of hydrogen-bond donors (Lipinski definition) is 6. The summed E-state index contributed by atoms with van der Waals surface area (Å²) < 4.78 is 5.27. The third kappa shape index (κ3) is 5.94. The van der Waals surface area contributed by atoms with Crippen LogP contribution in [0.5, 0.6) is 0 Å². The fourth-order valence-corrected chi connectivity index (χ4v) is 5.23. The Morgan fingerprint density at radius 2 is 2.23 bits per heavy atom. The van der Waals surface area contributed by atoms with Crippen LogP contribution in [0.2, 0.25) is 0 Å². The molecule has 0 aliphatic carbocycles. The van der Waals surface area contributed by atoms with Gasteiger partial charge in [0, 0.05) is 39.6 Å². The second-order valence-electron chi connectivity index (χ2n) is 7.23. The van der Waals surface area contributed by atoms with Gasteiger partial charge in [0.25, 0.3) is 0 Å². The summed E-state index contributed by atoms with van der Waals surface area (Å²) in [5, 5.41) is 40.5. The molecule has 0 fully saturated rings. The zero-order valence-electron chi connectivity index (χ0n) is 19.1. The van der Waals surface area contributed by atoms with Gasteiger partial charge < -0.3 is 30.9 Å². The van der Waals surface area contributed by atoms with E-state index >= 15 is 0 Å². The molecule has 1 aromatic carbocycles. The van der Waals surface area contributed by atoms with Crippen LogP contribution in [-0.2, 0) is 11.3 Å². The molecule has 2 heterocycles. The van der Waals surface area contributed by atoms with Crippen molar-refractivity contribution in [2.24, 2.45) is 0 Å². The number of benzene rings is 1. The maximum atomic E-state index is 10.5. The third-order valence-corrected chi connectivity index (χ3v) is 7.01. The smallest absolute Gasteiger partial charge is 0.173 e. The first-order valence-corrected chi connectivity index (χ1v) is 12.7. The van der Waals surface area contributed by atoms with Gasteiger partial charge >= 0.3 is 0 Å². The fraction of sp³-hybridized carbons (Fsp3) is 0.208. The number of halogens is 2. The summed E-state index contributed by atoms with van der Waals surface area (Å²) in [5.74, 6) is 1.88. The molecule has 0 aliphatic rings. The number of nitrogens with one attached hydrogen (secondary N) is 4. The molecule has 6 N–H and O–H groups in total. The molecule has 0 spiro atoms. The first-order chi connectivity index (χ1) is 16.8. The molecule has 35 heavy (non-hydrogen) atoms. The number of nitrogens with zero attached hydrogens (tertiary/aromatic N) is 1. The molecule has 0 radical (unpaired) electrons. The quantitative estimate of drug-likeness (QED) is 0.0813.